The average Bonchev–Trinajstić information content (AvgIpc) is 2.71. The van der Waals surface area contributed by atoms with Gasteiger partial charge in [-0.3, -0.25) is 9.59 Å². The molecule has 2 rings (SSSR count). The molecule has 0 radical (unpaired) electrons. The quantitative estimate of drug-likeness (QED) is 0.361. The number of benzene rings is 2. The van der Waals surface area contributed by atoms with Crippen LogP contribution in [0.15, 0.2) is 53.6 Å². The highest BCUT2D eigenvalue weighted by Crippen LogP contribution is 2.14. The summed E-state index contributed by atoms with van der Waals surface area (Å²) in [7, 11) is 1.61. The molecule has 0 unspecified atom stereocenters. The van der Waals surface area contributed by atoms with Crippen molar-refractivity contribution in [3.63, 3.8) is 0 Å². The van der Waals surface area contributed by atoms with Gasteiger partial charge in [-0.1, -0.05) is 30.2 Å². The second kappa shape index (κ2) is 11.8. The Kier molecular flexibility index (Phi) is 9.01. The number of hydrogen-bond acceptors (Lipinski definition) is 4. The van der Waals surface area contributed by atoms with Crippen LogP contribution in [0.4, 0.5) is 0 Å². The summed E-state index contributed by atoms with van der Waals surface area (Å²) >= 11 is 5.99. The zero-order chi connectivity index (χ0) is 20.2. The van der Waals surface area contributed by atoms with Crippen molar-refractivity contribution in [1.82, 2.24) is 10.7 Å². The van der Waals surface area contributed by atoms with E-state index in [2.05, 4.69) is 15.8 Å². The highest BCUT2D eigenvalue weighted by Gasteiger charge is 2.08. The molecule has 0 bridgehead atoms. The zero-order valence-electron chi connectivity index (χ0n) is 15.8. The first-order valence-corrected chi connectivity index (χ1v) is 9.46. The van der Waals surface area contributed by atoms with Crippen LogP contribution in [0.5, 0.6) is 5.75 Å². The van der Waals surface area contributed by atoms with Crippen molar-refractivity contribution in [3.8, 4) is 5.75 Å². The standard InChI is InChI=1S/C21H24ClN3O3/c1-28-17-12-10-16(11-13-17)15-24-25-20(26)9-3-2-6-14-23-21(27)18-7-4-5-8-19(18)22/h4-5,7-8,10-13,15H,2-3,6,9,14H2,1H3,(H,23,27)(H,25,26). The molecule has 0 saturated carbocycles. The van der Waals surface area contributed by atoms with Crippen molar-refractivity contribution >= 4 is 29.6 Å². The van der Waals surface area contributed by atoms with E-state index < -0.39 is 0 Å². The normalized spacial score (nSPS) is 10.6. The van der Waals surface area contributed by atoms with Crippen LogP contribution in [0.1, 0.15) is 41.6 Å². The van der Waals surface area contributed by atoms with Gasteiger partial charge in [-0.25, -0.2) is 5.43 Å². The van der Waals surface area contributed by atoms with Crippen LogP contribution in [-0.4, -0.2) is 31.7 Å². The third kappa shape index (κ3) is 7.40. The van der Waals surface area contributed by atoms with Gasteiger partial charge in [0.15, 0.2) is 0 Å². The lowest BCUT2D eigenvalue weighted by atomic mass is 10.1. The van der Waals surface area contributed by atoms with Crippen LogP contribution in [0.25, 0.3) is 0 Å². The van der Waals surface area contributed by atoms with Crippen molar-refractivity contribution in [1.29, 1.82) is 0 Å². The van der Waals surface area contributed by atoms with Crippen molar-refractivity contribution in [2.45, 2.75) is 25.7 Å². The first kappa shape index (κ1) is 21.4. The molecule has 0 aromatic heterocycles. The predicted molar refractivity (Wildman–Crippen MR) is 111 cm³/mol. The largest absolute Gasteiger partial charge is 0.497 e. The summed E-state index contributed by atoms with van der Waals surface area (Å²) in [5.41, 5.74) is 3.85. The van der Waals surface area contributed by atoms with Crippen LogP contribution in [0.2, 0.25) is 5.02 Å². The van der Waals surface area contributed by atoms with Crippen LogP contribution in [0, 0.1) is 0 Å². The molecule has 0 aliphatic rings. The molecule has 2 aromatic carbocycles. The summed E-state index contributed by atoms with van der Waals surface area (Å²) in [4.78, 5) is 23.8. The van der Waals surface area contributed by atoms with E-state index >= 15 is 0 Å². The van der Waals surface area contributed by atoms with Crippen molar-refractivity contribution in [2.24, 2.45) is 5.10 Å². The summed E-state index contributed by atoms with van der Waals surface area (Å²) in [6.45, 7) is 0.543. The van der Waals surface area contributed by atoms with Gasteiger partial charge in [0, 0.05) is 13.0 Å². The van der Waals surface area contributed by atoms with E-state index in [1.54, 1.807) is 37.6 Å². The van der Waals surface area contributed by atoms with Gasteiger partial charge in [-0.05, 0) is 54.8 Å². The topological polar surface area (TPSA) is 79.8 Å². The fourth-order valence-corrected chi connectivity index (χ4v) is 2.68. The Balaban J connectivity index is 1.56. The Morgan fingerprint density at radius 1 is 1.07 bits per heavy atom. The minimum absolute atomic E-state index is 0.134. The van der Waals surface area contributed by atoms with Crippen molar-refractivity contribution in [3.05, 3.63) is 64.7 Å². The van der Waals surface area contributed by atoms with Gasteiger partial charge in [0.05, 0.1) is 23.9 Å². The number of unbranched alkanes of at least 4 members (excludes halogenated alkanes) is 2. The van der Waals surface area contributed by atoms with Gasteiger partial charge < -0.3 is 10.1 Å². The van der Waals surface area contributed by atoms with E-state index in [-0.39, 0.29) is 11.8 Å². The van der Waals surface area contributed by atoms with E-state index in [1.807, 2.05) is 24.3 Å². The molecular weight excluding hydrogens is 378 g/mol. The van der Waals surface area contributed by atoms with Crippen LogP contribution in [0.3, 0.4) is 0 Å². The molecule has 7 heteroatoms. The molecule has 2 aromatic rings. The zero-order valence-corrected chi connectivity index (χ0v) is 16.5. The number of ether oxygens (including phenoxy) is 1. The minimum Gasteiger partial charge on any atom is -0.497 e. The number of nitrogens with one attached hydrogen (secondary N) is 2. The van der Waals surface area contributed by atoms with Crippen LogP contribution < -0.4 is 15.5 Å². The van der Waals surface area contributed by atoms with Gasteiger partial charge in [0.25, 0.3) is 5.91 Å². The van der Waals surface area contributed by atoms with E-state index in [9.17, 15) is 9.59 Å². The predicted octanol–water partition coefficient (Wildman–Crippen LogP) is 3.79. The van der Waals surface area contributed by atoms with Gasteiger partial charge in [0.2, 0.25) is 5.91 Å². The minimum atomic E-state index is -0.184. The maximum Gasteiger partial charge on any atom is 0.252 e. The first-order valence-electron chi connectivity index (χ1n) is 9.09. The lowest BCUT2D eigenvalue weighted by molar-refractivity contribution is -0.121. The summed E-state index contributed by atoms with van der Waals surface area (Å²) in [5, 5.41) is 7.21. The Bertz CT molecular complexity index is 807. The van der Waals surface area contributed by atoms with E-state index in [1.165, 1.54) is 0 Å². The Hall–Kier alpha value is -2.86. The highest BCUT2D eigenvalue weighted by molar-refractivity contribution is 6.33. The second-order valence-corrected chi connectivity index (χ2v) is 6.52. The molecule has 28 heavy (non-hydrogen) atoms. The van der Waals surface area contributed by atoms with Crippen molar-refractivity contribution < 1.29 is 14.3 Å². The summed E-state index contributed by atoms with van der Waals surface area (Å²) in [6.07, 6.45) is 4.32. The highest BCUT2D eigenvalue weighted by atomic mass is 35.5. The summed E-state index contributed by atoms with van der Waals surface area (Å²) in [6, 6.07) is 14.3. The number of halogens is 1. The number of carbonyl (C=O) groups excluding carboxylic acids is 2. The number of methoxy groups -OCH3 is 1. The average molecular weight is 402 g/mol. The molecule has 0 spiro atoms. The maximum atomic E-state index is 12.0. The Morgan fingerprint density at radius 2 is 1.82 bits per heavy atom. The SMILES string of the molecule is COc1ccc(C=NNC(=O)CCCCCNC(=O)c2ccccc2Cl)cc1. The lowest BCUT2D eigenvalue weighted by Gasteiger charge is -2.06. The van der Waals surface area contributed by atoms with Gasteiger partial charge in [0.1, 0.15) is 5.75 Å². The molecule has 148 valence electrons. The molecule has 0 atom stereocenters. The monoisotopic (exact) mass is 401 g/mol. The molecule has 0 saturated heterocycles. The second-order valence-electron chi connectivity index (χ2n) is 6.11. The number of hydrogen-bond donors (Lipinski definition) is 2. The number of amides is 2. The third-order valence-electron chi connectivity index (χ3n) is 4.00. The molecule has 0 aliphatic heterocycles. The summed E-state index contributed by atoms with van der Waals surface area (Å²) in [5.74, 6) is 0.449. The Morgan fingerprint density at radius 3 is 2.54 bits per heavy atom. The van der Waals surface area contributed by atoms with E-state index in [0.29, 0.717) is 23.6 Å². The number of hydrazone groups is 1. The smallest absolute Gasteiger partial charge is 0.252 e. The summed E-state index contributed by atoms with van der Waals surface area (Å²) < 4.78 is 5.08. The fraction of sp³-hybridized carbons (Fsp3) is 0.286. The number of nitrogens with zero attached hydrogens (tertiary/aromatic N) is 1. The van der Waals surface area contributed by atoms with Gasteiger partial charge >= 0.3 is 0 Å². The van der Waals surface area contributed by atoms with Crippen LogP contribution in [-0.2, 0) is 4.79 Å². The molecule has 2 N–H and O–H groups in total. The van der Waals surface area contributed by atoms with Gasteiger partial charge in [-0.15, -0.1) is 0 Å². The third-order valence-corrected chi connectivity index (χ3v) is 4.33. The maximum absolute atomic E-state index is 12.0. The number of carbonyl (C=O) groups is 2. The molecule has 2 amide bonds. The van der Waals surface area contributed by atoms with Crippen LogP contribution >= 0.6 is 11.6 Å². The number of rotatable bonds is 10. The Labute approximate surface area is 169 Å². The van der Waals surface area contributed by atoms with E-state index in [0.717, 1.165) is 30.6 Å². The van der Waals surface area contributed by atoms with Crippen molar-refractivity contribution in [2.75, 3.05) is 13.7 Å². The van der Waals surface area contributed by atoms with E-state index in [4.69, 9.17) is 16.3 Å². The lowest BCUT2D eigenvalue weighted by Crippen LogP contribution is -2.24. The molecule has 0 fully saturated rings. The molecular formula is C21H24ClN3O3. The first-order chi connectivity index (χ1) is 13.6. The molecule has 0 aliphatic carbocycles. The molecule has 6 nitrogen and oxygen atoms in total. The fourth-order valence-electron chi connectivity index (χ4n) is 2.45. The molecule has 0 heterocycles. The van der Waals surface area contributed by atoms with Gasteiger partial charge in [-0.2, -0.15) is 5.10 Å².